The van der Waals surface area contributed by atoms with Crippen LogP contribution in [0.2, 0.25) is 0 Å². The average molecular weight is 862 g/mol. The van der Waals surface area contributed by atoms with Crippen molar-refractivity contribution < 1.29 is 41.5 Å². The molecule has 1 aliphatic heterocycles. The highest BCUT2D eigenvalue weighted by molar-refractivity contribution is 5.96. The smallest absolute Gasteiger partial charge is 0.254 e. The monoisotopic (exact) mass is 862 g/mol. The van der Waals surface area contributed by atoms with Crippen molar-refractivity contribution >= 4 is 30.9 Å². The van der Waals surface area contributed by atoms with Crippen LogP contribution >= 0.6 is 0 Å². The third-order valence-electron chi connectivity index (χ3n) is 8.52. The maximum Gasteiger partial charge on any atom is 0.254 e. The van der Waals surface area contributed by atoms with E-state index >= 15 is 0 Å². The van der Waals surface area contributed by atoms with E-state index in [-0.39, 0.29) is 53.0 Å². The first-order valence-electron chi connectivity index (χ1n) is 20.2. The van der Waals surface area contributed by atoms with Gasteiger partial charge in [-0.2, -0.15) is 0 Å². The van der Waals surface area contributed by atoms with Crippen molar-refractivity contribution in [3.63, 3.8) is 0 Å². The van der Waals surface area contributed by atoms with Gasteiger partial charge in [-0.05, 0) is 131 Å². The van der Waals surface area contributed by atoms with Gasteiger partial charge < -0.3 is 31.8 Å². The number of allylic oxidation sites excluding steroid dienone is 1. The number of hydrogen-bond donors (Lipinski definition) is 4. The number of hydrogen-bond acceptors (Lipinski definition) is 6. The van der Waals surface area contributed by atoms with E-state index in [1.54, 1.807) is 43.9 Å². The van der Waals surface area contributed by atoms with E-state index in [1.165, 1.54) is 44.2 Å². The fourth-order valence-corrected chi connectivity index (χ4v) is 5.00. The molecule has 1 aliphatic carbocycles. The molecule has 61 heavy (non-hydrogen) atoms. The van der Waals surface area contributed by atoms with Gasteiger partial charge >= 0.3 is 0 Å². The van der Waals surface area contributed by atoms with Crippen LogP contribution in [0, 0.1) is 51.1 Å². The standard InChI is InChI=1S/C14H17FN2O2.C11H15F.C9H14FNO.C8H9F.C2H6.CH3NO.CH5N.CH2O/c1-10-4-5-11(12(15)8-10)14(19)16-9-13(18)17-6-2-3-7-17;1-8-5-6-9(10(12)7-8)11(2,3)4;1-2-8(5-10)9(12)11-6-7-3-4-7;1-6-3-4-7(2)8(9)5-6;1-2;2-1-3;2*1-2/h4-5,8H,2-3,6-7,9H2,1H3,(H,16,19);5-7H,1-4H3;2,7H,3-6H2,1H3,(H,11,12);3-5H,1-2H3;1-2H3;1H,(H2,2,3);2H2,1H3;1H2/b;;8-2+;;;;;. The summed E-state index contributed by atoms with van der Waals surface area (Å²) in [5, 5.41) is 5.17. The van der Waals surface area contributed by atoms with Gasteiger partial charge in [-0.3, -0.25) is 19.2 Å². The first kappa shape index (κ1) is 59.9. The van der Waals surface area contributed by atoms with E-state index in [9.17, 15) is 31.9 Å². The Kier molecular flexibility index (Phi) is 33.8. The lowest BCUT2D eigenvalue weighted by Gasteiger charge is -2.19. The van der Waals surface area contributed by atoms with Gasteiger partial charge in [0.1, 0.15) is 30.9 Å². The highest BCUT2D eigenvalue weighted by Gasteiger charge is 2.22. The Morgan fingerprint density at radius 1 is 0.803 bits per heavy atom. The first-order valence-corrected chi connectivity index (χ1v) is 20.2. The van der Waals surface area contributed by atoms with Gasteiger partial charge in [0, 0.05) is 25.2 Å². The number of carbonyl (C=O) groups is 5. The number of nitrogens with two attached hydrogens (primary N) is 2. The highest BCUT2D eigenvalue weighted by atomic mass is 19.1. The minimum atomic E-state index is -0.674. The topological polar surface area (TPSA) is 165 Å². The fraction of sp³-hybridized carbons (Fsp3) is 0.468. The van der Waals surface area contributed by atoms with E-state index in [1.807, 2.05) is 73.5 Å². The van der Waals surface area contributed by atoms with Crippen LogP contribution in [0.25, 0.3) is 0 Å². The second-order valence-electron chi connectivity index (χ2n) is 14.5. The van der Waals surface area contributed by atoms with Crippen LogP contribution < -0.4 is 22.1 Å². The van der Waals surface area contributed by atoms with Gasteiger partial charge in [-0.15, -0.1) is 0 Å². The molecule has 3 aromatic carbocycles. The molecule has 2 fully saturated rings. The number of amides is 4. The van der Waals surface area contributed by atoms with Crippen molar-refractivity contribution in [2.24, 2.45) is 17.4 Å². The molecule has 2 aliphatic rings. The summed E-state index contributed by atoms with van der Waals surface area (Å²) in [7, 11) is 1.50. The molecule has 0 unspecified atom stereocenters. The van der Waals surface area contributed by atoms with Crippen molar-refractivity contribution in [3.05, 3.63) is 117 Å². The summed E-state index contributed by atoms with van der Waals surface area (Å²) < 4.78 is 51.6. The predicted octanol–water partition coefficient (Wildman–Crippen LogP) is 8.31. The van der Waals surface area contributed by atoms with Gasteiger partial charge in [0.05, 0.1) is 12.1 Å². The Bertz CT molecular complexity index is 1760. The number of rotatable bonds is 7. The summed E-state index contributed by atoms with van der Waals surface area (Å²) in [5.41, 5.74) is 13.0. The largest absolute Gasteiger partial charge is 0.372 e. The molecule has 10 nitrogen and oxygen atoms in total. The molecular weight excluding hydrogens is 791 g/mol. The number of primary amides is 1. The highest BCUT2D eigenvalue weighted by Crippen LogP contribution is 2.27. The fourth-order valence-electron chi connectivity index (χ4n) is 5.00. The van der Waals surface area contributed by atoms with Gasteiger partial charge in [0.15, 0.2) is 0 Å². The molecule has 0 atom stereocenters. The molecule has 0 bridgehead atoms. The van der Waals surface area contributed by atoms with Crippen molar-refractivity contribution in [1.82, 2.24) is 15.5 Å². The van der Waals surface area contributed by atoms with Crippen molar-refractivity contribution in [2.45, 2.75) is 100 Å². The van der Waals surface area contributed by atoms with Crippen LogP contribution in [0.4, 0.5) is 17.6 Å². The van der Waals surface area contributed by atoms with Crippen molar-refractivity contribution in [3.8, 4) is 0 Å². The summed E-state index contributed by atoms with van der Waals surface area (Å²) in [4.78, 5) is 52.9. The number of benzene rings is 3. The minimum Gasteiger partial charge on any atom is -0.372 e. The van der Waals surface area contributed by atoms with Gasteiger partial charge in [0.2, 0.25) is 18.2 Å². The molecule has 0 aromatic heterocycles. The molecule has 1 saturated carbocycles. The number of nitrogens with zero attached hydrogens (tertiary/aromatic N) is 1. The van der Waals surface area contributed by atoms with Crippen LogP contribution in [0.1, 0.15) is 105 Å². The van der Waals surface area contributed by atoms with Gasteiger partial charge in [-0.1, -0.05) is 71.0 Å². The van der Waals surface area contributed by atoms with Crippen LogP contribution in [0.15, 0.2) is 66.2 Å². The first-order chi connectivity index (χ1) is 28.9. The zero-order valence-electron chi connectivity index (χ0n) is 38.2. The minimum absolute atomic E-state index is 0.0279. The number of likely N-dealkylation sites (tertiary alicyclic amines) is 1. The van der Waals surface area contributed by atoms with E-state index in [0.717, 1.165) is 48.2 Å². The summed E-state index contributed by atoms with van der Waals surface area (Å²) in [5.74, 6) is -1.05. The molecule has 14 heteroatoms. The molecule has 0 radical (unpaired) electrons. The predicted molar refractivity (Wildman–Crippen MR) is 239 cm³/mol. The zero-order chi connectivity index (χ0) is 47.7. The molecule has 3 aromatic rings. The van der Waals surface area contributed by atoms with Gasteiger partial charge in [0.25, 0.3) is 5.91 Å². The zero-order valence-corrected chi connectivity index (χ0v) is 38.2. The number of carbonyl (C=O) groups excluding carboxylic acids is 5. The Morgan fingerprint density at radius 2 is 1.26 bits per heavy atom. The molecule has 1 saturated heterocycles. The van der Waals surface area contributed by atoms with Crippen molar-refractivity contribution in [1.29, 1.82) is 0 Å². The molecule has 5 rings (SSSR count). The summed E-state index contributed by atoms with van der Waals surface area (Å²) in [6.45, 7) is 22.4. The Morgan fingerprint density at radius 3 is 1.66 bits per heavy atom. The molecule has 0 spiro atoms. The quantitative estimate of drug-likeness (QED) is 0.106. The van der Waals surface area contributed by atoms with Crippen LogP contribution in [-0.4, -0.2) is 75.7 Å². The van der Waals surface area contributed by atoms with Crippen LogP contribution in [0.5, 0.6) is 0 Å². The second kappa shape index (κ2) is 34.4. The summed E-state index contributed by atoms with van der Waals surface area (Å²) in [6, 6.07) is 15.0. The Hall–Kier alpha value is -5.37. The van der Waals surface area contributed by atoms with Gasteiger partial charge in [-0.25, -0.2) is 17.6 Å². The number of alkyl halides is 1. The Labute approximate surface area is 361 Å². The lowest BCUT2D eigenvalue weighted by atomic mass is 9.86. The SMILES string of the molecule is C/C=C(\CF)C(=O)NCC1CC1.C=O.CC.CN.Cc1ccc(C(=O)NCC(=O)N2CCCC2)c(F)c1.Cc1ccc(C(C)(C)C)c(F)c1.Cc1ccc(C)c(F)c1.NC=O. The van der Waals surface area contributed by atoms with E-state index in [2.05, 4.69) is 22.1 Å². The Balaban J connectivity index is -0.000000710. The van der Waals surface area contributed by atoms with Crippen LogP contribution in [-0.2, 0) is 24.6 Å². The summed E-state index contributed by atoms with van der Waals surface area (Å²) >= 11 is 0. The van der Waals surface area contributed by atoms with E-state index in [4.69, 9.17) is 9.59 Å². The number of halogens is 4. The number of nitrogens with one attached hydrogen (secondary N) is 2. The molecule has 1 heterocycles. The van der Waals surface area contributed by atoms with E-state index < -0.39 is 18.4 Å². The third-order valence-corrected chi connectivity index (χ3v) is 8.52. The van der Waals surface area contributed by atoms with Crippen LogP contribution in [0.3, 0.4) is 0 Å². The van der Waals surface area contributed by atoms with Crippen molar-refractivity contribution in [2.75, 3.05) is 39.9 Å². The molecule has 342 valence electrons. The normalized spacial score (nSPS) is 12.2. The lowest BCUT2D eigenvalue weighted by Crippen LogP contribution is -2.38. The molecular formula is C47H71F4N5O5. The third kappa shape index (κ3) is 26.5. The number of aryl methyl sites for hydroxylation is 4. The molecule has 6 N–H and O–H groups in total. The maximum atomic E-state index is 13.6. The average Bonchev–Trinajstić information content (AvgIpc) is 3.90. The lowest BCUT2D eigenvalue weighted by molar-refractivity contribution is -0.129. The van der Waals surface area contributed by atoms with E-state index in [0.29, 0.717) is 18.0 Å². The second-order valence-corrected chi connectivity index (χ2v) is 14.5. The summed E-state index contributed by atoms with van der Waals surface area (Å²) in [6.07, 6.45) is 6.17. The maximum absolute atomic E-state index is 13.6. The molecule has 4 amide bonds.